The van der Waals surface area contributed by atoms with Gasteiger partial charge in [-0.15, -0.1) is 0 Å². The van der Waals surface area contributed by atoms with E-state index in [1.54, 1.807) is 12.1 Å². The maximum atomic E-state index is 12.6. The molecule has 0 spiro atoms. The quantitative estimate of drug-likeness (QED) is 0.678. The van der Waals surface area contributed by atoms with Gasteiger partial charge in [-0.25, -0.2) is 4.79 Å². The van der Waals surface area contributed by atoms with E-state index in [0.717, 1.165) is 10.9 Å². The Morgan fingerprint density at radius 3 is 2.67 bits per heavy atom. The fourth-order valence-corrected chi connectivity index (χ4v) is 3.06. The third-order valence-corrected chi connectivity index (χ3v) is 4.29. The summed E-state index contributed by atoms with van der Waals surface area (Å²) in [4.78, 5) is 24.5. The molecule has 0 radical (unpaired) electrons. The molecule has 0 bridgehead atoms. The van der Waals surface area contributed by atoms with Crippen molar-refractivity contribution in [2.45, 2.75) is 51.7 Å². The summed E-state index contributed by atoms with van der Waals surface area (Å²) in [5, 5.41) is 5.59. The summed E-state index contributed by atoms with van der Waals surface area (Å²) in [7, 11) is 0. The van der Waals surface area contributed by atoms with Crippen LogP contribution in [0.15, 0.2) is 22.7 Å². The molecule has 7 heteroatoms. The van der Waals surface area contributed by atoms with Gasteiger partial charge >= 0.3 is 6.09 Å². The van der Waals surface area contributed by atoms with Crippen molar-refractivity contribution < 1.29 is 14.3 Å². The van der Waals surface area contributed by atoms with Crippen LogP contribution in [0, 0.1) is 5.92 Å². The van der Waals surface area contributed by atoms with Crippen LogP contribution in [-0.4, -0.2) is 23.6 Å². The molecule has 1 aromatic rings. The van der Waals surface area contributed by atoms with Crippen LogP contribution in [0.2, 0.25) is 0 Å². The topological polar surface area (TPSA) is 93.4 Å². The van der Waals surface area contributed by atoms with Gasteiger partial charge in [-0.2, -0.15) is 0 Å². The molecule has 0 unspecified atom stereocenters. The first kappa shape index (κ1) is 18.6. The van der Waals surface area contributed by atoms with Gasteiger partial charge in [0.15, 0.2) is 0 Å². The molecule has 0 aromatic heterocycles. The lowest BCUT2D eigenvalue weighted by Crippen LogP contribution is -2.43. The average molecular weight is 398 g/mol. The number of alkyl carbamates (subject to hydrolysis) is 1. The van der Waals surface area contributed by atoms with Crippen molar-refractivity contribution in [1.29, 1.82) is 0 Å². The fraction of sp³-hybridized carbons (Fsp3) is 0.529. The zero-order valence-corrected chi connectivity index (χ0v) is 15.8. The molecule has 0 heterocycles. The number of nitrogens with two attached hydrogens (primary N) is 1. The summed E-state index contributed by atoms with van der Waals surface area (Å²) in [5.74, 6) is -0.542. The van der Waals surface area contributed by atoms with Crippen LogP contribution in [0.5, 0.6) is 0 Å². The van der Waals surface area contributed by atoms with Gasteiger partial charge in [-0.1, -0.05) is 15.9 Å². The van der Waals surface area contributed by atoms with Crippen LogP contribution in [0.3, 0.4) is 0 Å². The van der Waals surface area contributed by atoms with Gasteiger partial charge in [-0.3, -0.25) is 4.79 Å². The molecule has 2 amide bonds. The van der Waals surface area contributed by atoms with Gasteiger partial charge in [0.25, 0.3) is 0 Å². The minimum Gasteiger partial charge on any atom is -0.445 e. The number of hydrogen-bond acceptors (Lipinski definition) is 4. The van der Waals surface area contributed by atoms with Gasteiger partial charge in [-0.05, 0) is 58.2 Å². The van der Waals surface area contributed by atoms with Crippen molar-refractivity contribution in [3.8, 4) is 0 Å². The standard InChI is InChI=1S/C17H24BrN3O3/c1-17(2,3)21-16(23)24-14-6-4-5-11(14)15(22)20-13-9-10(18)7-8-12(13)19/h7-9,11,14H,4-6,19H2,1-3H3,(H,20,22)(H,21,23)/t11-,14+/m0/s1. The van der Waals surface area contributed by atoms with E-state index in [0.29, 0.717) is 24.2 Å². The zero-order chi connectivity index (χ0) is 17.9. The summed E-state index contributed by atoms with van der Waals surface area (Å²) >= 11 is 3.36. The van der Waals surface area contributed by atoms with Gasteiger partial charge in [0.2, 0.25) is 5.91 Å². The summed E-state index contributed by atoms with van der Waals surface area (Å²) in [6.45, 7) is 5.63. The van der Waals surface area contributed by atoms with Gasteiger partial charge in [0.1, 0.15) is 6.10 Å². The molecule has 24 heavy (non-hydrogen) atoms. The van der Waals surface area contributed by atoms with E-state index in [9.17, 15) is 9.59 Å². The number of hydrogen-bond donors (Lipinski definition) is 3. The largest absolute Gasteiger partial charge is 0.445 e. The maximum Gasteiger partial charge on any atom is 0.407 e. The Morgan fingerprint density at radius 2 is 2.00 bits per heavy atom. The lowest BCUT2D eigenvalue weighted by molar-refractivity contribution is -0.122. The Kier molecular flexibility index (Phi) is 5.74. The first-order valence-electron chi connectivity index (χ1n) is 8.00. The minimum atomic E-state index is -0.492. The van der Waals surface area contributed by atoms with Crippen LogP contribution >= 0.6 is 15.9 Å². The lowest BCUT2D eigenvalue weighted by atomic mass is 10.0. The van der Waals surface area contributed by atoms with Crippen molar-refractivity contribution in [1.82, 2.24) is 5.32 Å². The number of ether oxygens (including phenoxy) is 1. The third kappa shape index (κ3) is 5.12. The number of benzene rings is 1. The van der Waals surface area contributed by atoms with E-state index in [-0.39, 0.29) is 17.4 Å². The highest BCUT2D eigenvalue weighted by atomic mass is 79.9. The average Bonchev–Trinajstić information content (AvgIpc) is 2.88. The highest BCUT2D eigenvalue weighted by molar-refractivity contribution is 9.10. The second-order valence-electron chi connectivity index (χ2n) is 7.08. The number of halogens is 1. The van der Waals surface area contributed by atoms with Crippen LogP contribution in [-0.2, 0) is 9.53 Å². The SMILES string of the molecule is CC(C)(C)NC(=O)O[C@@H]1CCC[C@@H]1C(=O)Nc1cc(Br)ccc1N. The van der Waals surface area contributed by atoms with E-state index in [4.69, 9.17) is 10.5 Å². The molecule has 0 saturated heterocycles. The molecule has 2 rings (SSSR count). The number of carbonyl (C=O) groups is 2. The predicted molar refractivity (Wildman–Crippen MR) is 97.7 cm³/mol. The van der Waals surface area contributed by atoms with E-state index >= 15 is 0 Å². The Bertz CT molecular complexity index is 628. The molecular weight excluding hydrogens is 374 g/mol. The molecule has 6 nitrogen and oxygen atoms in total. The van der Waals surface area contributed by atoms with Crippen molar-refractivity contribution in [3.63, 3.8) is 0 Å². The summed E-state index contributed by atoms with van der Waals surface area (Å²) in [6, 6.07) is 5.28. The van der Waals surface area contributed by atoms with E-state index < -0.39 is 12.2 Å². The smallest absolute Gasteiger partial charge is 0.407 e. The van der Waals surface area contributed by atoms with E-state index in [2.05, 4.69) is 26.6 Å². The van der Waals surface area contributed by atoms with Gasteiger partial charge in [0.05, 0.1) is 17.3 Å². The van der Waals surface area contributed by atoms with Crippen LogP contribution < -0.4 is 16.4 Å². The minimum absolute atomic E-state index is 0.175. The second-order valence-corrected chi connectivity index (χ2v) is 7.99. The zero-order valence-electron chi connectivity index (χ0n) is 14.2. The fourth-order valence-electron chi connectivity index (χ4n) is 2.70. The normalized spacial score (nSPS) is 20.5. The predicted octanol–water partition coefficient (Wildman–Crippen LogP) is 3.66. The molecule has 1 fully saturated rings. The Balaban J connectivity index is 2.00. The first-order valence-corrected chi connectivity index (χ1v) is 8.80. The molecule has 2 atom stereocenters. The van der Waals surface area contributed by atoms with Crippen molar-refractivity contribution >= 4 is 39.3 Å². The molecule has 4 N–H and O–H groups in total. The van der Waals surface area contributed by atoms with Crippen molar-refractivity contribution in [2.24, 2.45) is 5.92 Å². The van der Waals surface area contributed by atoms with Crippen LogP contribution in [0.4, 0.5) is 16.2 Å². The Morgan fingerprint density at radius 1 is 1.29 bits per heavy atom. The molecule has 1 aliphatic rings. The Labute approximate surface area is 150 Å². The van der Waals surface area contributed by atoms with Crippen LogP contribution in [0.1, 0.15) is 40.0 Å². The van der Waals surface area contributed by atoms with Crippen LogP contribution in [0.25, 0.3) is 0 Å². The molecule has 1 aromatic carbocycles. The van der Waals surface area contributed by atoms with Crippen molar-refractivity contribution in [2.75, 3.05) is 11.1 Å². The number of anilines is 2. The molecule has 1 saturated carbocycles. The number of nitrogen functional groups attached to an aromatic ring is 1. The van der Waals surface area contributed by atoms with Gasteiger partial charge in [0, 0.05) is 10.0 Å². The highest BCUT2D eigenvalue weighted by Crippen LogP contribution is 2.31. The third-order valence-electron chi connectivity index (χ3n) is 3.80. The lowest BCUT2D eigenvalue weighted by Gasteiger charge is -2.24. The maximum absolute atomic E-state index is 12.6. The highest BCUT2D eigenvalue weighted by Gasteiger charge is 2.36. The molecule has 132 valence electrons. The van der Waals surface area contributed by atoms with Gasteiger partial charge < -0.3 is 21.1 Å². The Hall–Kier alpha value is -1.76. The van der Waals surface area contributed by atoms with E-state index in [1.165, 1.54) is 0 Å². The second kappa shape index (κ2) is 7.42. The summed E-state index contributed by atoms with van der Waals surface area (Å²) in [6.07, 6.45) is 1.31. The summed E-state index contributed by atoms with van der Waals surface area (Å²) in [5.41, 5.74) is 6.56. The first-order chi connectivity index (χ1) is 11.2. The number of amides is 2. The molecular formula is C17H24BrN3O3. The number of carbonyl (C=O) groups excluding carboxylic acids is 2. The number of nitrogens with one attached hydrogen (secondary N) is 2. The van der Waals surface area contributed by atoms with E-state index in [1.807, 2.05) is 26.8 Å². The number of rotatable bonds is 3. The molecule has 1 aliphatic carbocycles. The monoisotopic (exact) mass is 397 g/mol. The summed E-state index contributed by atoms with van der Waals surface area (Å²) < 4.78 is 6.29. The molecule has 0 aliphatic heterocycles. The van der Waals surface area contributed by atoms with Crippen molar-refractivity contribution in [3.05, 3.63) is 22.7 Å².